The Morgan fingerprint density at radius 1 is 1.12 bits per heavy atom. The fourth-order valence-corrected chi connectivity index (χ4v) is 5.34. The van der Waals surface area contributed by atoms with Crippen molar-refractivity contribution in [3.05, 3.63) is 101 Å². The molecule has 2 aliphatic rings. The van der Waals surface area contributed by atoms with Crippen molar-refractivity contribution >= 4 is 17.3 Å². The first-order chi connectivity index (χ1) is 16.2. The van der Waals surface area contributed by atoms with Gasteiger partial charge in [0.25, 0.3) is 0 Å². The summed E-state index contributed by atoms with van der Waals surface area (Å²) in [6.45, 7) is 2.05. The molecule has 0 bridgehead atoms. The summed E-state index contributed by atoms with van der Waals surface area (Å²) >= 11 is 0. The zero-order chi connectivity index (χ0) is 22.6. The van der Waals surface area contributed by atoms with Gasteiger partial charge in [0.05, 0.1) is 12.1 Å². The SMILES string of the molecule is Cc1cccc(CC(=O)Nc2cccc(C3CCCC(C4=NC=CCc5[nH]ccc54)C3)c2)c1.[HH].[HH].[HH]. The third-order valence-corrected chi connectivity index (χ3v) is 6.90. The van der Waals surface area contributed by atoms with E-state index >= 15 is 0 Å². The van der Waals surface area contributed by atoms with Gasteiger partial charge in [0.2, 0.25) is 5.91 Å². The number of aromatic nitrogens is 1. The second-order valence-electron chi connectivity index (χ2n) is 9.37. The molecule has 1 aliphatic carbocycles. The number of H-pyrrole nitrogens is 1. The van der Waals surface area contributed by atoms with Gasteiger partial charge in [0, 0.05) is 46.0 Å². The van der Waals surface area contributed by atoms with E-state index in [9.17, 15) is 4.79 Å². The summed E-state index contributed by atoms with van der Waals surface area (Å²) in [7, 11) is 0. The van der Waals surface area contributed by atoms with E-state index in [1.807, 2.05) is 30.6 Å². The van der Waals surface area contributed by atoms with Crippen LogP contribution in [0.1, 0.15) is 63.8 Å². The lowest BCUT2D eigenvalue weighted by Gasteiger charge is -2.30. The molecule has 2 atom stereocenters. The molecule has 33 heavy (non-hydrogen) atoms. The maximum absolute atomic E-state index is 12.6. The smallest absolute Gasteiger partial charge is 0.228 e. The van der Waals surface area contributed by atoms with Crippen LogP contribution in [0.4, 0.5) is 5.69 Å². The molecule has 174 valence electrons. The van der Waals surface area contributed by atoms with Gasteiger partial charge in [-0.3, -0.25) is 9.79 Å². The molecule has 1 fully saturated rings. The molecule has 2 aromatic carbocycles. The quantitative estimate of drug-likeness (QED) is 0.435. The van der Waals surface area contributed by atoms with Crippen molar-refractivity contribution in [1.82, 2.24) is 4.98 Å². The Morgan fingerprint density at radius 2 is 2.00 bits per heavy atom. The minimum atomic E-state index is 0. The minimum Gasteiger partial charge on any atom is -0.364 e. The van der Waals surface area contributed by atoms with Gasteiger partial charge in [-0.2, -0.15) is 0 Å². The highest BCUT2D eigenvalue weighted by molar-refractivity contribution is 6.04. The van der Waals surface area contributed by atoms with E-state index < -0.39 is 0 Å². The van der Waals surface area contributed by atoms with Crippen molar-refractivity contribution in [2.45, 2.75) is 51.4 Å². The summed E-state index contributed by atoms with van der Waals surface area (Å²) in [6.07, 6.45) is 12.1. The van der Waals surface area contributed by atoms with Gasteiger partial charge >= 0.3 is 0 Å². The third-order valence-electron chi connectivity index (χ3n) is 6.90. The number of allylic oxidation sites excluding steroid dienone is 1. The minimum absolute atomic E-state index is 0. The Labute approximate surface area is 200 Å². The van der Waals surface area contributed by atoms with Crippen LogP contribution in [0.2, 0.25) is 0 Å². The molecule has 0 spiro atoms. The van der Waals surface area contributed by atoms with Crippen molar-refractivity contribution in [3.8, 4) is 0 Å². The molecule has 2 heterocycles. The molecule has 4 nitrogen and oxygen atoms in total. The Bertz CT molecular complexity index is 1220. The van der Waals surface area contributed by atoms with Crippen LogP contribution in [0.3, 0.4) is 0 Å². The van der Waals surface area contributed by atoms with Crippen molar-refractivity contribution in [1.29, 1.82) is 0 Å². The molecule has 0 radical (unpaired) electrons. The molecule has 1 amide bonds. The molecular weight excluding hydrogens is 406 g/mol. The number of amides is 1. The Morgan fingerprint density at radius 3 is 2.91 bits per heavy atom. The van der Waals surface area contributed by atoms with E-state index in [1.165, 1.54) is 47.4 Å². The maximum Gasteiger partial charge on any atom is 0.228 e. The Kier molecular flexibility index (Phi) is 6.25. The normalized spacial score (nSPS) is 20.0. The van der Waals surface area contributed by atoms with Crippen molar-refractivity contribution in [2.75, 3.05) is 5.32 Å². The Balaban J connectivity index is 0.00000152. The zero-order valence-corrected chi connectivity index (χ0v) is 19.2. The maximum atomic E-state index is 12.6. The number of fused-ring (bicyclic) bond motifs is 1. The van der Waals surface area contributed by atoms with Crippen molar-refractivity contribution < 1.29 is 9.07 Å². The number of hydrogen-bond acceptors (Lipinski definition) is 2. The van der Waals surface area contributed by atoms with Gasteiger partial charge in [-0.15, -0.1) is 0 Å². The largest absolute Gasteiger partial charge is 0.364 e. The van der Waals surface area contributed by atoms with Crippen molar-refractivity contribution in [2.24, 2.45) is 10.9 Å². The van der Waals surface area contributed by atoms with Gasteiger partial charge in [-0.1, -0.05) is 54.5 Å². The summed E-state index contributed by atoms with van der Waals surface area (Å²) in [5, 5.41) is 3.11. The third kappa shape index (κ3) is 5.00. The Hall–Kier alpha value is -3.40. The number of hydrogen-bond donors (Lipinski definition) is 2. The van der Waals surface area contributed by atoms with Crippen LogP contribution in [-0.4, -0.2) is 16.6 Å². The molecule has 1 aliphatic heterocycles. The fraction of sp³-hybridized carbons (Fsp3) is 0.310. The summed E-state index contributed by atoms with van der Waals surface area (Å²) < 4.78 is 0. The number of aliphatic imine (C=N–C) groups is 1. The number of carbonyl (C=O) groups excluding carboxylic acids is 1. The van der Waals surface area contributed by atoms with E-state index in [0.29, 0.717) is 18.3 Å². The summed E-state index contributed by atoms with van der Waals surface area (Å²) in [6, 6.07) is 18.7. The van der Waals surface area contributed by atoms with Crippen LogP contribution >= 0.6 is 0 Å². The first-order valence-corrected chi connectivity index (χ1v) is 12.0. The summed E-state index contributed by atoms with van der Waals surface area (Å²) in [5.74, 6) is 0.967. The predicted octanol–water partition coefficient (Wildman–Crippen LogP) is 7.08. The standard InChI is InChI=1S/C29H31N3O.3H2/c1-20-6-2-7-21(16-20)17-28(33)32-25-11-4-9-23(19-25)22-8-3-10-24(18-22)29-26-13-15-30-27(26)12-5-14-31-29;;;/h2,4-7,9,11,13-16,19,22,24,30H,3,8,10,12,17-18H2,1H3,(H,32,33);3*1H. The van der Waals surface area contributed by atoms with Crippen LogP contribution in [0.25, 0.3) is 0 Å². The van der Waals surface area contributed by atoms with Gasteiger partial charge in [0.1, 0.15) is 0 Å². The molecule has 1 aromatic heterocycles. The van der Waals surface area contributed by atoms with Crippen molar-refractivity contribution in [3.63, 3.8) is 0 Å². The van der Waals surface area contributed by atoms with Gasteiger partial charge < -0.3 is 10.3 Å². The average Bonchev–Trinajstić information content (AvgIpc) is 3.18. The molecule has 0 saturated heterocycles. The summed E-state index contributed by atoms with van der Waals surface area (Å²) in [4.78, 5) is 20.9. The van der Waals surface area contributed by atoms with Crippen LogP contribution in [0.5, 0.6) is 0 Å². The average molecular weight is 444 g/mol. The molecule has 2 N–H and O–H groups in total. The molecule has 3 aromatic rings. The van der Waals surface area contributed by atoms with E-state index in [2.05, 4.69) is 59.7 Å². The second kappa shape index (κ2) is 9.62. The molecule has 2 unspecified atom stereocenters. The number of nitrogens with one attached hydrogen (secondary N) is 2. The lowest BCUT2D eigenvalue weighted by atomic mass is 9.75. The van der Waals surface area contributed by atoms with Crippen LogP contribution in [0, 0.1) is 12.8 Å². The number of aromatic amines is 1. The van der Waals surface area contributed by atoms with Gasteiger partial charge in [0.15, 0.2) is 0 Å². The van der Waals surface area contributed by atoms with E-state index in [0.717, 1.165) is 24.1 Å². The van der Waals surface area contributed by atoms with Gasteiger partial charge in [-0.25, -0.2) is 0 Å². The summed E-state index contributed by atoms with van der Waals surface area (Å²) in [5.41, 5.74) is 8.19. The fourth-order valence-electron chi connectivity index (χ4n) is 5.34. The number of benzene rings is 2. The lowest BCUT2D eigenvalue weighted by Crippen LogP contribution is -2.23. The number of aryl methyl sites for hydroxylation is 1. The number of rotatable bonds is 5. The predicted molar refractivity (Wildman–Crippen MR) is 141 cm³/mol. The molecule has 5 rings (SSSR count). The second-order valence-corrected chi connectivity index (χ2v) is 9.37. The molecule has 4 heteroatoms. The topological polar surface area (TPSA) is 57.2 Å². The first kappa shape index (κ1) is 21.4. The zero-order valence-electron chi connectivity index (χ0n) is 19.2. The highest BCUT2D eigenvalue weighted by atomic mass is 16.1. The number of anilines is 1. The van der Waals surface area contributed by atoms with Crippen LogP contribution in [-0.2, 0) is 17.6 Å². The molecular formula is C29H37N3O. The van der Waals surface area contributed by atoms with E-state index in [1.54, 1.807) is 0 Å². The van der Waals surface area contributed by atoms with Crippen LogP contribution in [0.15, 0.2) is 78.1 Å². The van der Waals surface area contributed by atoms with E-state index in [4.69, 9.17) is 4.99 Å². The number of carbonyl (C=O) groups is 1. The number of nitrogens with zero attached hydrogens (tertiary/aromatic N) is 1. The monoisotopic (exact) mass is 443 g/mol. The molecule has 1 saturated carbocycles. The van der Waals surface area contributed by atoms with Crippen LogP contribution < -0.4 is 5.32 Å². The first-order valence-electron chi connectivity index (χ1n) is 12.0. The highest BCUT2D eigenvalue weighted by Gasteiger charge is 2.29. The lowest BCUT2D eigenvalue weighted by molar-refractivity contribution is -0.115. The van der Waals surface area contributed by atoms with Gasteiger partial charge in [-0.05, 0) is 61.4 Å². The highest BCUT2D eigenvalue weighted by Crippen LogP contribution is 2.39. The van der Waals surface area contributed by atoms with E-state index in [-0.39, 0.29) is 10.2 Å².